The van der Waals surface area contributed by atoms with Crippen LogP contribution < -0.4 is 5.32 Å². The quantitative estimate of drug-likeness (QED) is 0.792. The van der Waals surface area contributed by atoms with Gasteiger partial charge >= 0.3 is 0 Å². The van der Waals surface area contributed by atoms with Crippen molar-refractivity contribution in [2.45, 2.75) is 52.0 Å². The van der Waals surface area contributed by atoms with Gasteiger partial charge in [0.05, 0.1) is 0 Å². The molecule has 0 bridgehead atoms. The second kappa shape index (κ2) is 4.74. The fourth-order valence-electron chi connectivity index (χ4n) is 2.97. The van der Waals surface area contributed by atoms with E-state index in [0.29, 0.717) is 11.5 Å². The van der Waals surface area contributed by atoms with Crippen LogP contribution in [-0.4, -0.2) is 36.5 Å². The first-order valence-corrected chi connectivity index (χ1v) is 6.59. The van der Waals surface area contributed by atoms with Gasteiger partial charge in [-0.05, 0) is 44.2 Å². The molecule has 1 amide bonds. The maximum atomic E-state index is 11.8. The van der Waals surface area contributed by atoms with Crippen molar-refractivity contribution in [2.24, 2.45) is 5.41 Å². The Labute approximate surface area is 98.6 Å². The van der Waals surface area contributed by atoms with E-state index in [4.69, 9.17) is 0 Å². The Balaban J connectivity index is 1.95. The average molecular weight is 224 g/mol. The number of carbonyl (C=O) groups is 1. The summed E-state index contributed by atoms with van der Waals surface area (Å²) in [7, 11) is 0. The minimum absolute atomic E-state index is 0.264. The fraction of sp³-hybridized carbons (Fsp3) is 0.923. The van der Waals surface area contributed by atoms with Gasteiger partial charge < -0.3 is 10.2 Å². The predicted molar refractivity (Wildman–Crippen MR) is 65.2 cm³/mol. The van der Waals surface area contributed by atoms with Gasteiger partial charge in [-0.15, -0.1) is 0 Å². The Morgan fingerprint density at radius 2 is 2.00 bits per heavy atom. The van der Waals surface area contributed by atoms with E-state index in [-0.39, 0.29) is 5.91 Å². The van der Waals surface area contributed by atoms with Gasteiger partial charge in [-0.2, -0.15) is 0 Å². The van der Waals surface area contributed by atoms with E-state index < -0.39 is 0 Å². The highest BCUT2D eigenvalue weighted by Crippen LogP contribution is 2.41. The van der Waals surface area contributed by atoms with Crippen molar-refractivity contribution in [3.63, 3.8) is 0 Å². The highest BCUT2D eigenvalue weighted by atomic mass is 16.2. The number of rotatable bonds is 3. The van der Waals surface area contributed by atoms with Crippen molar-refractivity contribution >= 4 is 5.91 Å². The number of amides is 1. The van der Waals surface area contributed by atoms with Gasteiger partial charge in [-0.1, -0.05) is 13.3 Å². The molecule has 0 unspecified atom stereocenters. The number of nitrogens with zero attached hydrogens (tertiary/aromatic N) is 1. The summed E-state index contributed by atoms with van der Waals surface area (Å²) in [5.74, 6) is 0.264. The third kappa shape index (κ3) is 2.57. The lowest BCUT2D eigenvalue weighted by molar-refractivity contribution is -0.134. The molecular weight excluding hydrogens is 200 g/mol. The van der Waals surface area contributed by atoms with Crippen molar-refractivity contribution in [1.82, 2.24) is 10.2 Å². The first-order chi connectivity index (χ1) is 7.61. The Kier molecular flexibility index (Phi) is 3.53. The van der Waals surface area contributed by atoms with E-state index in [0.717, 1.165) is 32.5 Å². The van der Waals surface area contributed by atoms with Gasteiger partial charge in [-0.3, -0.25) is 4.79 Å². The molecule has 0 aromatic rings. The number of nitrogens with one attached hydrogen (secondary N) is 1. The Bertz CT molecular complexity index is 255. The first kappa shape index (κ1) is 11.9. The van der Waals surface area contributed by atoms with E-state index in [2.05, 4.69) is 17.1 Å². The van der Waals surface area contributed by atoms with E-state index >= 15 is 0 Å². The van der Waals surface area contributed by atoms with Crippen LogP contribution in [0.3, 0.4) is 0 Å². The van der Waals surface area contributed by atoms with E-state index in [9.17, 15) is 4.79 Å². The summed E-state index contributed by atoms with van der Waals surface area (Å²) in [6, 6.07) is 0.483. The standard InChI is InChI=1S/C13H24N2O/c1-11(16)15(10-13(2)6-3-7-13)12-4-8-14-9-5-12/h12,14H,3-10H2,1-2H3. The van der Waals surface area contributed by atoms with Crippen LogP contribution in [0.4, 0.5) is 0 Å². The van der Waals surface area contributed by atoms with Crippen molar-refractivity contribution < 1.29 is 4.79 Å². The van der Waals surface area contributed by atoms with E-state index in [1.54, 1.807) is 6.92 Å². The van der Waals surface area contributed by atoms with E-state index in [1.165, 1.54) is 19.3 Å². The van der Waals surface area contributed by atoms with Crippen molar-refractivity contribution in [1.29, 1.82) is 0 Å². The van der Waals surface area contributed by atoms with Gasteiger partial charge in [0.15, 0.2) is 0 Å². The molecular formula is C13H24N2O. The van der Waals surface area contributed by atoms with Gasteiger partial charge in [0.2, 0.25) is 5.91 Å². The molecule has 1 heterocycles. The second-order valence-corrected chi connectivity index (χ2v) is 5.79. The van der Waals surface area contributed by atoms with Gasteiger partial charge in [0, 0.05) is 19.5 Å². The Hall–Kier alpha value is -0.570. The highest BCUT2D eigenvalue weighted by Gasteiger charge is 2.36. The zero-order valence-electron chi connectivity index (χ0n) is 10.6. The molecule has 2 rings (SSSR count). The molecule has 1 aliphatic carbocycles. The van der Waals surface area contributed by atoms with Crippen LogP contribution >= 0.6 is 0 Å². The molecule has 0 spiro atoms. The Morgan fingerprint density at radius 1 is 1.38 bits per heavy atom. The molecule has 0 atom stereocenters. The summed E-state index contributed by atoms with van der Waals surface area (Å²) < 4.78 is 0. The molecule has 0 aromatic heterocycles. The van der Waals surface area contributed by atoms with Crippen LogP contribution in [0.25, 0.3) is 0 Å². The molecule has 3 nitrogen and oxygen atoms in total. The first-order valence-electron chi connectivity index (χ1n) is 6.59. The molecule has 2 fully saturated rings. The molecule has 1 saturated heterocycles. The minimum Gasteiger partial charge on any atom is -0.339 e. The smallest absolute Gasteiger partial charge is 0.219 e. The molecule has 1 aliphatic heterocycles. The molecule has 16 heavy (non-hydrogen) atoms. The number of hydrogen-bond acceptors (Lipinski definition) is 2. The molecule has 3 heteroatoms. The summed E-state index contributed by atoms with van der Waals surface area (Å²) in [5.41, 5.74) is 0.413. The zero-order chi connectivity index (χ0) is 11.6. The Morgan fingerprint density at radius 3 is 2.44 bits per heavy atom. The zero-order valence-corrected chi connectivity index (χ0v) is 10.6. The van der Waals surface area contributed by atoms with Gasteiger partial charge in [0.1, 0.15) is 0 Å². The molecule has 1 saturated carbocycles. The largest absolute Gasteiger partial charge is 0.339 e. The highest BCUT2D eigenvalue weighted by molar-refractivity contribution is 5.73. The molecule has 1 N–H and O–H groups in total. The van der Waals surface area contributed by atoms with Crippen LogP contribution in [0.1, 0.15) is 46.0 Å². The number of piperidine rings is 1. The number of hydrogen-bond donors (Lipinski definition) is 1. The monoisotopic (exact) mass is 224 g/mol. The normalized spacial score (nSPS) is 24.9. The lowest BCUT2D eigenvalue weighted by atomic mass is 9.70. The van der Waals surface area contributed by atoms with Crippen molar-refractivity contribution in [3.8, 4) is 0 Å². The maximum absolute atomic E-state index is 11.8. The lowest BCUT2D eigenvalue weighted by Crippen LogP contribution is -2.50. The molecule has 92 valence electrons. The summed E-state index contributed by atoms with van der Waals surface area (Å²) in [4.78, 5) is 13.9. The van der Waals surface area contributed by atoms with Crippen LogP contribution in [0.5, 0.6) is 0 Å². The fourth-order valence-corrected chi connectivity index (χ4v) is 2.97. The lowest BCUT2D eigenvalue weighted by Gasteiger charge is -2.45. The molecule has 0 radical (unpaired) electrons. The molecule has 2 aliphatic rings. The van der Waals surface area contributed by atoms with Gasteiger partial charge in [-0.25, -0.2) is 0 Å². The number of carbonyl (C=O) groups excluding carboxylic acids is 1. The third-order valence-corrected chi connectivity index (χ3v) is 4.27. The third-order valence-electron chi connectivity index (χ3n) is 4.27. The van der Waals surface area contributed by atoms with Crippen molar-refractivity contribution in [3.05, 3.63) is 0 Å². The maximum Gasteiger partial charge on any atom is 0.219 e. The second-order valence-electron chi connectivity index (χ2n) is 5.79. The summed E-state index contributed by atoms with van der Waals surface area (Å²) in [5, 5.41) is 3.36. The van der Waals surface area contributed by atoms with Crippen LogP contribution in [0.2, 0.25) is 0 Å². The van der Waals surface area contributed by atoms with Crippen LogP contribution in [-0.2, 0) is 4.79 Å². The summed E-state index contributed by atoms with van der Waals surface area (Å²) in [6.45, 7) is 7.15. The summed E-state index contributed by atoms with van der Waals surface area (Å²) in [6.07, 6.45) is 6.17. The van der Waals surface area contributed by atoms with Crippen LogP contribution in [0, 0.1) is 5.41 Å². The van der Waals surface area contributed by atoms with E-state index in [1.807, 2.05) is 0 Å². The van der Waals surface area contributed by atoms with Gasteiger partial charge in [0.25, 0.3) is 0 Å². The average Bonchev–Trinajstić information content (AvgIpc) is 2.24. The SMILES string of the molecule is CC(=O)N(CC1(C)CCC1)C1CCNCC1. The summed E-state index contributed by atoms with van der Waals surface area (Å²) >= 11 is 0. The molecule has 0 aromatic carbocycles. The predicted octanol–water partition coefficient (Wildman–Crippen LogP) is 1.78. The van der Waals surface area contributed by atoms with Crippen LogP contribution in [0.15, 0.2) is 0 Å². The minimum atomic E-state index is 0.264. The van der Waals surface area contributed by atoms with Crippen molar-refractivity contribution in [2.75, 3.05) is 19.6 Å². The topological polar surface area (TPSA) is 32.3 Å².